The maximum absolute atomic E-state index is 12.8. The van der Waals surface area contributed by atoms with Gasteiger partial charge in [0.05, 0.1) is 6.07 Å². The maximum Gasteiger partial charge on any atom is 0.166 e. The highest BCUT2D eigenvalue weighted by Crippen LogP contribution is 2.22. The van der Waals surface area contributed by atoms with Crippen molar-refractivity contribution in [1.29, 1.82) is 5.26 Å². The van der Waals surface area contributed by atoms with Gasteiger partial charge in [-0.25, -0.2) is 4.39 Å². The summed E-state index contributed by atoms with van der Waals surface area (Å²) in [4.78, 5) is 14.5. The van der Waals surface area contributed by atoms with Crippen LogP contribution in [0.3, 0.4) is 0 Å². The molecule has 0 unspecified atom stereocenters. The first-order valence-electron chi connectivity index (χ1n) is 6.60. The van der Waals surface area contributed by atoms with Crippen LogP contribution in [0.5, 0.6) is 0 Å². The third-order valence-corrected chi connectivity index (χ3v) is 3.63. The molecule has 1 aromatic rings. The van der Waals surface area contributed by atoms with Gasteiger partial charge in [-0.1, -0.05) is 0 Å². The van der Waals surface area contributed by atoms with Crippen molar-refractivity contribution in [2.45, 2.75) is 19.3 Å². The predicted octanol–water partition coefficient (Wildman–Crippen LogP) is 2.63. The molecule has 0 N–H and O–H groups in total. The van der Waals surface area contributed by atoms with E-state index < -0.39 is 0 Å². The van der Waals surface area contributed by atoms with E-state index in [9.17, 15) is 9.18 Å². The van der Waals surface area contributed by atoms with Gasteiger partial charge in [-0.3, -0.25) is 4.79 Å². The van der Waals surface area contributed by atoms with Crippen LogP contribution >= 0.6 is 0 Å². The molecule has 0 atom stereocenters. The number of nitrogens with zero attached hydrogens (tertiary/aromatic N) is 2. The Morgan fingerprint density at radius 1 is 1.32 bits per heavy atom. The SMILES string of the molecule is N#CCCN1CCC(C(=O)c2ccc(F)cc2)CC1. The first-order chi connectivity index (χ1) is 9.20. The quantitative estimate of drug-likeness (QED) is 0.782. The van der Waals surface area contributed by atoms with Crippen LogP contribution in [0.15, 0.2) is 24.3 Å². The normalized spacial score (nSPS) is 17.1. The van der Waals surface area contributed by atoms with Crippen LogP contribution < -0.4 is 0 Å². The molecule has 0 bridgehead atoms. The number of benzene rings is 1. The van der Waals surface area contributed by atoms with Crippen LogP contribution in [0.1, 0.15) is 29.6 Å². The third kappa shape index (κ3) is 3.62. The lowest BCUT2D eigenvalue weighted by Crippen LogP contribution is -2.36. The zero-order valence-corrected chi connectivity index (χ0v) is 10.8. The fraction of sp³-hybridized carbons (Fsp3) is 0.467. The summed E-state index contributed by atoms with van der Waals surface area (Å²) in [6.07, 6.45) is 2.18. The fourth-order valence-electron chi connectivity index (χ4n) is 2.48. The average molecular weight is 260 g/mol. The van der Waals surface area contributed by atoms with Gasteiger partial charge in [0.25, 0.3) is 0 Å². The minimum absolute atomic E-state index is 0.0313. The van der Waals surface area contributed by atoms with Gasteiger partial charge in [0.2, 0.25) is 0 Å². The molecule has 0 aliphatic carbocycles. The number of rotatable bonds is 4. The van der Waals surface area contributed by atoms with Gasteiger partial charge in [-0.15, -0.1) is 0 Å². The van der Waals surface area contributed by atoms with E-state index >= 15 is 0 Å². The Morgan fingerprint density at radius 3 is 2.53 bits per heavy atom. The summed E-state index contributed by atoms with van der Waals surface area (Å²) < 4.78 is 12.8. The number of piperidine rings is 1. The van der Waals surface area contributed by atoms with E-state index in [0.29, 0.717) is 12.0 Å². The van der Waals surface area contributed by atoms with E-state index in [2.05, 4.69) is 11.0 Å². The lowest BCUT2D eigenvalue weighted by molar-refractivity contribution is 0.0842. The number of nitriles is 1. The Balaban J connectivity index is 1.89. The molecule has 0 radical (unpaired) electrons. The largest absolute Gasteiger partial charge is 0.302 e. The van der Waals surface area contributed by atoms with Crippen LogP contribution in [-0.2, 0) is 0 Å². The number of ketones is 1. The van der Waals surface area contributed by atoms with Crippen molar-refractivity contribution in [2.24, 2.45) is 5.92 Å². The predicted molar refractivity (Wildman–Crippen MR) is 70.1 cm³/mol. The second-order valence-electron chi connectivity index (χ2n) is 4.90. The molecule has 1 aliphatic rings. The van der Waals surface area contributed by atoms with Crippen molar-refractivity contribution in [3.05, 3.63) is 35.6 Å². The van der Waals surface area contributed by atoms with E-state index in [0.717, 1.165) is 32.5 Å². The summed E-state index contributed by atoms with van der Waals surface area (Å²) in [5.74, 6) is -0.174. The number of halogens is 1. The molecular weight excluding hydrogens is 243 g/mol. The summed E-state index contributed by atoms with van der Waals surface area (Å²) in [7, 11) is 0. The first kappa shape index (κ1) is 13.7. The molecule has 0 spiro atoms. The van der Waals surface area contributed by atoms with E-state index in [1.807, 2.05) is 0 Å². The summed E-state index contributed by atoms with van der Waals surface area (Å²) in [6.45, 7) is 2.51. The number of hydrogen-bond donors (Lipinski definition) is 0. The maximum atomic E-state index is 12.8. The van der Waals surface area contributed by atoms with Gasteiger partial charge in [-0.05, 0) is 50.2 Å². The Labute approximate surface area is 112 Å². The molecule has 1 aliphatic heterocycles. The molecule has 0 saturated carbocycles. The van der Waals surface area contributed by atoms with Crippen LogP contribution in [0, 0.1) is 23.1 Å². The van der Waals surface area contributed by atoms with Crippen molar-refractivity contribution >= 4 is 5.78 Å². The van der Waals surface area contributed by atoms with Gasteiger partial charge >= 0.3 is 0 Å². The monoisotopic (exact) mass is 260 g/mol. The summed E-state index contributed by atoms with van der Waals surface area (Å²) in [5.41, 5.74) is 0.594. The second-order valence-corrected chi connectivity index (χ2v) is 4.90. The van der Waals surface area contributed by atoms with E-state index in [1.54, 1.807) is 12.1 Å². The molecule has 2 rings (SSSR count). The third-order valence-electron chi connectivity index (χ3n) is 3.63. The van der Waals surface area contributed by atoms with Gasteiger partial charge < -0.3 is 4.90 Å². The number of carbonyl (C=O) groups is 1. The minimum atomic E-state index is -0.317. The Bertz CT molecular complexity index is 470. The van der Waals surface area contributed by atoms with Crippen LogP contribution in [0.25, 0.3) is 0 Å². The van der Waals surface area contributed by atoms with Gasteiger partial charge in [0, 0.05) is 24.4 Å². The molecule has 3 nitrogen and oxygen atoms in total. The molecule has 0 aromatic heterocycles. The van der Waals surface area contributed by atoms with Gasteiger partial charge in [0.1, 0.15) is 5.82 Å². The van der Waals surface area contributed by atoms with Crippen LogP contribution in [-0.4, -0.2) is 30.3 Å². The zero-order chi connectivity index (χ0) is 13.7. The number of Topliss-reactive ketones (excluding diaryl/α,β-unsaturated/α-hetero) is 1. The van der Waals surface area contributed by atoms with Gasteiger partial charge in [-0.2, -0.15) is 5.26 Å². The number of hydrogen-bond acceptors (Lipinski definition) is 3. The highest BCUT2D eigenvalue weighted by molar-refractivity contribution is 5.97. The first-order valence-corrected chi connectivity index (χ1v) is 6.60. The van der Waals surface area contributed by atoms with Crippen molar-refractivity contribution in [3.8, 4) is 6.07 Å². The number of likely N-dealkylation sites (tertiary alicyclic amines) is 1. The van der Waals surface area contributed by atoms with Crippen LogP contribution in [0.2, 0.25) is 0 Å². The molecule has 1 fully saturated rings. The summed E-state index contributed by atoms with van der Waals surface area (Å²) in [6, 6.07) is 7.90. The van der Waals surface area contributed by atoms with E-state index in [-0.39, 0.29) is 17.5 Å². The molecule has 0 amide bonds. The van der Waals surface area contributed by atoms with Gasteiger partial charge in [0.15, 0.2) is 5.78 Å². The van der Waals surface area contributed by atoms with Crippen LogP contribution in [0.4, 0.5) is 4.39 Å². The lowest BCUT2D eigenvalue weighted by Gasteiger charge is -2.30. The molecule has 100 valence electrons. The molecular formula is C15H17FN2O. The lowest BCUT2D eigenvalue weighted by atomic mass is 9.89. The molecule has 19 heavy (non-hydrogen) atoms. The topological polar surface area (TPSA) is 44.1 Å². The second kappa shape index (κ2) is 6.44. The smallest absolute Gasteiger partial charge is 0.166 e. The van der Waals surface area contributed by atoms with E-state index in [1.165, 1.54) is 12.1 Å². The molecule has 1 aromatic carbocycles. The molecule has 1 heterocycles. The minimum Gasteiger partial charge on any atom is -0.302 e. The molecule has 4 heteroatoms. The standard InChI is InChI=1S/C15H17FN2O/c16-14-4-2-12(3-5-14)15(19)13-6-10-18(11-7-13)9-1-8-17/h2-5,13H,1,6-7,9-11H2. The van der Waals surface area contributed by atoms with Crippen molar-refractivity contribution in [3.63, 3.8) is 0 Å². The highest BCUT2D eigenvalue weighted by atomic mass is 19.1. The highest BCUT2D eigenvalue weighted by Gasteiger charge is 2.25. The zero-order valence-electron chi connectivity index (χ0n) is 10.8. The fourth-order valence-corrected chi connectivity index (χ4v) is 2.48. The summed E-state index contributed by atoms with van der Waals surface area (Å²) in [5, 5.41) is 8.55. The van der Waals surface area contributed by atoms with E-state index in [4.69, 9.17) is 5.26 Å². The molecule has 1 saturated heterocycles. The Morgan fingerprint density at radius 2 is 1.95 bits per heavy atom. The number of carbonyl (C=O) groups excluding carboxylic acids is 1. The van der Waals surface area contributed by atoms with Crippen molar-refractivity contribution < 1.29 is 9.18 Å². The summed E-state index contributed by atoms with van der Waals surface area (Å²) >= 11 is 0. The van der Waals surface area contributed by atoms with Crippen molar-refractivity contribution in [2.75, 3.05) is 19.6 Å². The average Bonchev–Trinajstić information content (AvgIpc) is 2.46. The Hall–Kier alpha value is -1.73. The Kier molecular flexibility index (Phi) is 4.64. The van der Waals surface area contributed by atoms with Crippen molar-refractivity contribution in [1.82, 2.24) is 4.90 Å².